The Balaban J connectivity index is 1.40. The van der Waals surface area contributed by atoms with E-state index >= 15 is 0 Å². The molecule has 6 aromatic rings. The highest BCUT2D eigenvalue weighted by Crippen LogP contribution is 2.61. The summed E-state index contributed by atoms with van der Waals surface area (Å²) >= 11 is 0. The van der Waals surface area contributed by atoms with Crippen molar-refractivity contribution in [3.05, 3.63) is 157 Å². The van der Waals surface area contributed by atoms with Crippen LogP contribution in [0.3, 0.4) is 0 Å². The lowest BCUT2D eigenvalue weighted by Crippen LogP contribution is -2.61. The van der Waals surface area contributed by atoms with Crippen molar-refractivity contribution >= 4 is 51.5 Å². The van der Waals surface area contributed by atoms with Gasteiger partial charge in [-0.05, 0) is 73.3 Å². The number of anilines is 1. The van der Waals surface area contributed by atoms with E-state index in [0.717, 1.165) is 23.0 Å². The number of para-hydroxylation sites is 1. The Bertz CT molecular complexity index is 1960. The molecule has 2 aliphatic rings. The maximum atomic E-state index is 7.48. The molecule has 8 rings (SSSR count). The molecule has 1 unspecified atom stereocenters. The Morgan fingerprint density at radius 3 is 1.80 bits per heavy atom. The van der Waals surface area contributed by atoms with Gasteiger partial charge < -0.3 is 9.64 Å². The van der Waals surface area contributed by atoms with Gasteiger partial charge in [0.2, 0.25) is 5.72 Å². The second-order valence-electron chi connectivity index (χ2n) is 12.7. The average molecular weight is 604 g/mol. The number of likely N-dealkylation sites (N-methyl/N-ethyl adjacent to an activating group) is 1. The summed E-state index contributed by atoms with van der Waals surface area (Å²) in [4.78, 5) is 7.59. The number of rotatable bonds is 5. The van der Waals surface area contributed by atoms with Crippen molar-refractivity contribution < 1.29 is 4.74 Å². The molecule has 0 radical (unpaired) electrons. The number of fused-ring (bicyclic) bond motifs is 4. The van der Waals surface area contributed by atoms with E-state index in [-0.39, 0.29) is 5.41 Å². The molecule has 0 saturated carbocycles. The zero-order chi connectivity index (χ0) is 30.6. The van der Waals surface area contributed by atoms with E-state index < -0.39 is 13.0 Å². The lowest BCUT2D eigenvalue weighted by atomic mass is 9.77. The molecule has 4 heteroatoms. The van der Waals surface area contributed by atoms with Gasteiger partial charge >= 0.3 is 0 Å². The third-order valence-corrected chi connectivity index (χ3v) is 14.4. The maximum Gasteiger partial charge on any atom is 0.228 e. The number of hydrogen-bond acceptors (Lipinski definition) is 3. The third kappa shape index (κ3) is 4.04. The summed E-state index contributed by atoms with van der Waals surface area (Å²) in [6.07, 6.45) is 2.86. The molecule has 45 heavy (non-hydrogen) atoms. The summed E-state index contributed by atoms with van der Waals surface area (Å²) in [5, 5.41) is 6.34. The van der Waals surface area contributed by atoms with Crippen molar-refractivity contribution in [2.75, 3.05) is 11.9 Å². The lowest BCUT2D eigenvalue weighted by Gasteiger charge is -2.45. The molecule has 220 valence electrons. The number of aliphatic imine (C=N–C) groups is 1. The quantitative estimate of drug-likeness (QED) is 0.185. The van der Waals surface area contributed by atoms with Gasteiger partial charge in [-0.1, -0.05) is 97.1 Å². The molecule has 0 bridgehead atoms. The van der Waals surface area contributed by atoms with Crippen LogP contribution in [0, 0.1) is 0 Å². The standard InChI is InChI=1S/C41H36N2OP/c1-40(2)36-25-15-16-26-37(36)43(3)41(40)29-42-38-35-24-14-13-17-30(35)27-31(39(38)44-41)28-45(32-18-7-4-8-19-32,33-20-9-5-10-21-33)34-22-11-6-12-23-34/h4-27,29H,28H2,1-3H3/q+1. The molecule has 0 saturated heterocycles. The van der Waals surface area contributed by atoms with E-state index in [2.05, 4.69) is 178 Å². The van der Waals surface area contributed by atoms with Crippen LogP contribution < -0.4 is 25.6 Å². The predicted molar refractivity (Wildman–Crippen MR) is 192 cm³/mol. The Morgan fingerprint density at radius 2 is 1.20 bits per heavy atom. The largest absolute Gasteiger partial charge is 0.459 e. The summed E-state index contributed by atoms with van der Waals surface area (Å²) in [6, 6.07) is 52.9. The Kier molecular flexibility index (Phi) is 6.45. The average Bonchev–Trinajstić information content (AvgIpc) is 3.26. The van der Waals surface area contributed by atoms with E-state index in [1.165, 1.54) is 38.1 Å². The summed E-state index contributed by atoms with van der Waals surface area (Å²) in [6.45, 7) is 4.56. The topological polar surface area (TPSA) is 24.8 Å². The fourth-order valence-electron chi connectivity index (χ4n) is 7.61. The highest BCUT2D eigenvalue weighted by molar-refractivity contribution is 7.95. The number of ether oxygens (including phenoxy) is 1. The summed E-state index contributed by atoms with van der Waals surface area (Å²) < 4.78 is 7.48. The van der Waals surface area contributed by atoms with Crippen molar-refractivity contribution in [2.45, 2.75) is 31.1 Å². The van der Waals surface area contributed by atoms with E-state index in [4.69, 9.17) is 9.73 Å². The molecular formula is C41H36N2OP+. The molecule has 0 fully saturated rings. The second-order valence-corrected chi connectivity index (χ2v) is 16.2. The molecule has 1 atom stereocenters. The van der Waals surface area contributed by atoms with Crippen LogP contribution in [0.2, 0.25) is 0 Å². The first-order valence-electron chi connectivity index (χ1n) is 15.6. The number of hydrogen-bond donors (Lipinski definition) is 0. The van der Waals surface area contributed by atoms with Gasteiger partial charge in [-0.3, -0.25) is 4.99 Å². The molecule has 1 spiro atoms. The summed E-state index contributed by atoms with van der Waals surface area (Å²) in [5.74, 6) is 0.885. The molecule has 6 aromatic carbocycles. The zero-order valence-electron chi connectivity index (χ0n) is 25.9. The molecular weight excluding hydrogens is 567 g/mol. The van der Waals surface area contributed by atoms with Gasteiger partial charge in [0.1, 0.15) is 35.0 Å². The van der Waals surface area contributed by atoms with E-state index in [1.54, 1.807) is 0 Å². The normalized spacial score (nSPS) is 18.1. The van der Waals surface area contributed by atoms with Crippen molar-refractivity contribution in [1.29, 1.82) is 0 Å². The highest BCUT2D eigenvalue weighted by Gasteiger charge is 2.59. The van der Waals surface area contributed by atoms with Crippen LogP contribution in [-0.4, -0.2) is 19.0 Å². The van der Waals surface area contributed by atoms with E-state index in [0.29, 0.717) is 0 Å². The Hall–Kier alpha value is -4.72. The van der Waals surface area contributed by atoms with Crippen LogP contribution in [0.25, 0.3) is 10.8 Å². The molecule has 0 N–H and O–H groups in total. The third-order valence-electron chi connectivity index (χ3n) is 10.0. The lowest BCUT2D eigenvalue weighted by molar-refractivity contribution is 0.0818. The van der Waals surface area contributed by atoms with Gasteiger partial charge in [0.05, 0.1) is 11.6 Å². The van der Waals surface area contributed by atoms with E-state index in [1.807, 2.05) is 0 Å². The fraction of sp³-hybridized carbons (Fsp3) is 0.146. The Labute approximate surface area is 266 Å². The minimum absolute atomic E-state index is 0.340. The maximum absolute atomic E-state index is 7.48. The molecule has 0 aliphatic carbocycles. The monoisotopic (exact) mass is 603 g/mol. The first-order valence-corrected chi connectivity index (χ1v) is 17.6. The first-order chi connectivity index (χ1) is 22.0. The van der Waals surface area contributed by atoms with Crippen molar-refractivity contribution in [2.24, 2.45) is 4.99 Å². The first kappa shape index (κ1) is 27.8. The fourth-order valence-corrected chi connectivity index (χ4v) is 11.8. The van der Waals surface area contributed by atoms with Gasteiger partial charge in [0, 0.05) is 23.7 Å². The summed E-state index contributed by atoms with van der Waals surface area (Å²) in [7, 11) is -0.0548. The zero-order valence-corrected chi connectivity index (χ0v) is 26.8. The Morgan fingerprint density at radius 1 is 0.667 bits per heavy atom. The van der Waals surface area contributed by atoms with Crippen molar-refractivity contribution in [3.63, 3.8) is 0 Å². The second kappa shape index (κ2) is 10.4. The van der Waals surface area contributed by atoms with Gasteiger partial charge in [-0.2, -0.15) is 0 Å². The van der Waals surface area contributed by atoms with Crippen LogP contribution >= 0.6 is 7.26 Å². The smallest absolute Gasteiger partial charge is 0.228 e. The van der Waals surface area contributed by atoms with Gasteiger partial charge in [0.15, 0.2) is 5.75 Å². The molecule has 2 heterocycles. The minimum atomic E-state index is -2.19. The molecule has 0 amide bonds. The van der Waals surface area contributed by atoms with Gasteiger partial charge in [-0.25, -0.2) is 0 Å². The van der Waals surface area contributed by atoms with Crippen molar-refractivity contribution in [3.8, 4) is 5.75 Å². The highest BCUT2D eigenvalue weighted by atomic mass is 31.2. The summed E-state index contributed by atoms with van der Waals surface area (Å²) in [5.41, 5.74) is 3.44. The number of benzene rings is 6. The van der Waals surface area contributed by atoms with E-state index in [9.17, 15) is 0 Å². The van der Waals surface area contributed by atoms with Crippen LogP contribution in [-0.2, 0) is 11.6 Å². The van der Waals surface area contributed by atoms with Crippen LogP contribution in [0.1, 0.15) is 25.0 Å². The van der Waals surface area contributed by atoms with Gasteiger partial charge in [-0.15, -0.1) is 0 Å². The molecule has 0 aromatic heterocycles. The molecule has 2 aliphatic heterocycles. The van der Waals surface area contributed by atoms with Crippen molar-refractivity contribution in [1.82, 2.24) is 0 Å². The predicted octanol–water partition coefficient (Wildman–Crippen LogP) is 8.55. The van der Waals surface area contributed by atoms with Gasteiger partial charge in [0.25, 0.3) is 0 Å². The molecule has 3 nitrogen and oxygen atoms in total. The van der Waals surface area contributed by atoms with Crippen LogP contribution in [0.15, 0.2) is 151 Å². The van der Waals surface area contributed by atoms with Crippen LogP contribution in [0.4, 0.5) is 11.4 Å². The SMILES string of the molecule is CN1c2ccccc2C(C)(C)C12C=Nc1c(c(C[P+](c3ccccc3)(c3ccccc3)c3ccccc3)cc3ccccc13)O2. The minimum Gasteiger partial charge on any atom is -0.459 e. The number of nitrogens with zero attached hydrogens (tertiary/aromatic N) is 2. The van der Waals surface area contributed by atoms with Crippen LogP contribution in [0.5, 0.6) is 5.75 Å².